The molecule has 0 atom stereocenters. The van der Waals surface area contributed by atoms with Crippen LogP contribution < -0.4 is 0 Å². The van der Waals surface area contributed by atoms with Crippen molar-refractivity contribution in [2.75, 3.05) is 0 Å². The predicted octanol–water partition coefficient (Wildman–Crippen LogP) is 2.67. The molecule has 0 aliphatic carbocycles. The van der Waals surface area contributed by atoms with Crippen LogP contribution in [0, 0.1) is 0 Å². The molecule has 0 saturated heterocycles. The summed E-state index contributed by atoms with van der Waals surface area (Å²) in [4.78, 5) is 4.65. The van der Waals surface area contributed by atoms with E-state index in [1.54, 1.807) is 65.7 Å². The van der Waals surface area contributed by atoms with E-state index < -0.39 is 10.0 Å². The van der Waals surface area contributed by atoms with Crippen molar-refractivity contribution < 1.29 is 8.42 Å². The lowest BCUT2D eigenvalue weighted by molar-refractivity contribution is 0.589. The second-order valence-corrected chi connectivity index (χ2v) is 7.28. The summed E-state index contributed by atoms with van der Waals surface area (Å²) >= 11 is 0. The number of hydrogen-bond acceptors (Lipinski definition) is 4. The summed E-state index contributed by atoms with van der Waals surface area (Å²) in [5.74, 6) is 0. The Labute approximate surface area is 139 Å². The van der Waals surface area contributed by atoms with Crippen LogP contribution in [0.25, 0.3) is 22.2 Å². The molecule has 3 heterocycles. The zero-order valence-electron chi connectivity index (χ0n) is 12.9. The normalized spacial score (nSPS) is 11.9. The molecule has 0 amide bonds. The van der Waals surface area contributed by atoms with Gasteiger partial charge in [0, 0.05) is 36.6 Å². The summed E-state index contributed by atoms with van der Waals surface area (Å²) in [7, 11) is -1.82. The first-order chi connectivity index (χ1) is 11.6. The molecule has 120 valence electrons. The fourth-order valence-electron chi connectivity index (χ4n) is 2.63. The van der Waals surface area contributed by atoms with E-state index in [9.17, 15) is 8.42 Å². The highest BCUT2D eigenvalue weighted by Gasteiger charge is 2.19. The first kappa shape index (κ1) is 14.6. The summed E-state index contributed by atoms with van der Waals surface area (Å²) in [6, 6.07) is 11.9. The van der Waals surface area contributed by atoms with Crippen molar-refractivity contribution in [1.29, 1.82) is 0 Å². The maximum absolute atomic E-state index is 12.9. The Kier molecular flexibility index (Phi) is 3.24. The van der Waals surface area contributed by atoms with E-state index >= 15 is 0 Å². The smallest absolute Gasteiger partial charge is 0.268 e. The molecule has 0 fully saturated rings. The molecule has 6 nitrogen and oxygen atoms in total. The van der Waals surface area contributed by atoms with Gasteiger partial charge in [-0.25, -0.2) is 12.4 Å². The average molecular weight is 338 g/mol. The minimum atomic E-state index is -3.65. The molecule has 1 aromatic carbocycles. The van der Waals surface area contributed by atoms with Crippen LogP contribution in [0.15, 0.2) is 72.1 Å². The highest BCUT2D eigenvalue weighted by Crippen LogP contribution is 2.25. The zero-order chi connectivity index (χ0) is 16.7. The summed E-state index contributed by atoms with van der Waals surface area (Å²) in [6.07, 6.45) is 6.77. The molecule has 0 aliphatic rings. The van der Waals surface area contributed by atoms with Crippen LogP contribution in [-0.2, 0) is 17.1 Å². The van der Waals surface area contributed by atoms with Crippen molar-refractivity contribution >= 4 is 20.9 Å². The van der Waals surface area contributed by atoms with Crippen LogP contribution in [0.2, 0.25) is 0 Å². The Morgan fingerprint density at radius 2 is 1.83 bits per heavy atom. The number of nitrogens with zero attached hydrogens (tertiary/aromatic N) is 4. The van der Waals surface area contributed by atoms with Gasteiger partial charge in [-0.2, -0.15) is 5.10 Å². The minimum absolute atomic E-state index is 0.252. The SMILES string of the molecule is Cn1cc(-c2cc3c(ccn3S(=O)(=O)c3ccccc3)cn2)cn1. The molecule has 0 bridgehead atoms. The average Bonchev–Trinajstić information content (AvgIpc) is 3.21. The number of rotatable bonds is 3. The van der Waals surface area contributed by atoms with E-state index in [0.717, 1.165) is 10.9 Å². The van der Waals surface area contributed by atoms with Crippen LogP contribution in [0.3, 0.4) is 0 Å². The van der Waals surface area contributed by atoms with Crippen molar-refractivity contribution in [3.63, 3.8) is 0 Å². The second-order valence-electron chi connectivity index (χ2n) is 5.46. The van der Waals surface area contributed by atoms with E-state index in [1.165, 1.54) is 3.97 Å². The maximum atomic E-state index is 12.9. The van der Waals surface area contributed by atoms with E-state index in [-0.39, 0.29) is 4.90 Å². The number of fused-ring (bicyclic) bond motifs is 1. The van der Waals surface area contributed by atoms with Gasteiger partial charge in [-0.05, 0) is 24.3 Å². The summed E-state index contributed by atoms with van der Waals surface area (Å²) in [5, 5.41) is 4.90. The Morgan fingerprint density at radius 3 is 2.54 bits per heavy atom. The summed E-state index contributed by atoms with van der Waals surface area (Å²) < 4.78 is 28.7. The lowest BCUT2D eigenvalue weighted by atomic mass is 10.2. The third-order valence-corrected chi connectivity index (χ3v) is 5.54. The van der Waals surface area contributed by atoms with E-state index in [4.69, 9.17) is 0 Å². The third-order valence-electron chi connectivity index (χ3n) is 3.84. The molecule has 0 unspecified atom stereocenters. The zero-order valence-corrected chi connectivity index (χ0v) is 13.7. The molecule has 4 rings (SSSR count). The van der Waals surface area contributed by atoms with Gasteiger partial charge in [-0.15, -0.1) is 0 Å². The summed E-state index contributed by atoms with van der Waals surface area (Å²) in [6.45, 7) is 0. The number of aryl methyl sites for hydroxylation is 1. The van der Waals surface area contributed by atoms with Crippen molar-refractivity contribution in [3.05, 3.63) is 67.3 Å². The van der Waals surface area contributed by atoms with Gasteiger partial charge in [0.25, 0.3) is 10.0 Å². The highest BCUT2D eigenvalue weighted by atomic mass is 32.2. The van der Waals surface area contributed by atoms with Crippen LogP contribution in [0.5, 0.6) is 0 Å². The maximum Gasteiger partial charge on any atom is 0.268 e. The Bertz CT molecular complexity index is 1130. The van der Waals surface area contributed by atoms with Gasteiger partial charge in [0.05, 0.1) is 22.3 Å². The Balaban J connectivity index is 1.91. The third kappa shape index (κ3) is 2.30. The molecule has 0 aliphatic heterocycles. The Hall–Kier alpha value is -2.93. The molecule has 0 saturated carbocycles. The molecule has 24 heavy (non-hydrogen) atoms. The van der Waals surface area contributed by atoms with E-state index in [1.807, 2.05) is 13.2 Å². The molecular formula is C17H14N4O2S. The van der Waals surface area contributed by atoms with Gasteiger partial charge in [-0.1, -0.05) is 18.2 Å². The molecule has 7 heteroatoms. The molecule has 0 radical (unpaired) electrons. The standard InChI is InChI=1S/C17H14N4O2S/c1-20-12-14(11-19-20)16-9-17-13(10-18-16)7-8-21(17)24(22,23)15-5-3-2-4-6-15/h2-12H,1H3. The van der Waals surface area contributed by atoms with Gasteiger partial charge in [0.2, 0.25) is 0 Å². The van der Waals surface area contributed by atoms with Crippen molar-refractivity contribution in [2.24, 2.45) is 7.05 Å². The van der Waals surface area contributed by atoms with Gasteiger partial charge in [0.15, 0.2) is 0 Å². The second kappa shape index (κ2) is 5.31. The van der Waals surface area contributed by atoms with Crippen molar-refractivity contribution in [3.8, 4) is 11.3 Å². The topological polar surface area (TPSA) is 69.8 Å². The number of benzene rings is 1. The van der Waals surface area contributed by atoms with Crippen LogP contribution in [-0.4, -0.2) is 27.2 Å². The largest absolute Gasteiger partial charge is 0.275 e. The number of aromatic nitrogens is 4. The fourth-order valence-corrected chi connectivity index (χ4v) is 4.00. The molecule has 3 aromatic heterocycles. The van der Waals surface area contributed by atoms with E-state index in [2.05, 4.69) is 10.1 Å². The Morgan fingerprint density at radius 1 is 1.04 bits per heavy atom. The molecule has 4 aromatic rings. The first-order valence-electron chi connectivity index (χ1n) is 7.32. The fraction of sp³-hybridized carbons (Fsp3) is 0.0588. The van der Waals surface area contributed by atoms with Gasteiger partial charge >= 0.3 is 0 Å². The summed E-state index contributed by atoms with van der Waals surface area (Å²) in [5.41, 5.74) is 2.11. The number of pyridine rings is 1. The quantitative estimate of drug-likeness (QED) is 0.576. The van der Waals surface area contributed by atoms with Crippen molar-refractivity contribution in [1.82, 2.24) is 18.7 Å². The van der Waals surface area contributed by atoms with Crippen LogP contribution in [0.1, 0.15) is 0 Å². The van der Waals surface area contributed by atoms with Crippen LogP contribution in [0.4, 0.5) is 0 Å². The van der Waals surface area contributed by atoms with Crippen LogP contribution >= 0.6 is 0 Å². The monoisotopic (exact) mass is 338 g/mol. The highest BCUT2D eigenvalue weighted by molar-refractivity contribution is 7.90. The minimum Gasteiger partial charge on any atom is -0.275 e. The molecule has 0 N–H and O–H groups in total. The predicted molar refractivity (Wildman–Crippen MR) is 91.0 cm³/mol. The molecular weight excluding hydrogens is 324 g/mol. The van der Waals surface area contributed by atoms with Gasteiger partial charge < -0.3 is 0 Å². The number of hydrogen-bond donors (Lipinski definition) is 0. The van der Waals surface area contributed by atoms with Gasteiger partial charge in [0.1, 0.15) is 0 Å². The van der Waals surface area contributed by atoms with Crippen molar-refractivity contribution in [2.45, 2.75) is 4.90 Å². The first-order valence-corrected chi connectivity index (χ1v) is 8.76. The van der Waals surface area contributed by atoms with E-state index in [0.29, 0.717) is 11.2 Å². The lowest BCUT2D eigenvalue weighted by Crippen LogP contribution is -2.11. The molecule has 0 spiro atoms. The lowest BCUT2D eigenvalue weighted by Gasteiger charge is -2.08. The van der Waals surface area contributed by atoms with Gasteiger partial charge in [-0.3, -0.25) is 9.67 Å².